The Kier molecular flexibility index (Phi) is 6.21. The molecule has 3 N–H and O–H groups in total. The van der Waals surface area contributed by atoms with Crippen LogP contribution in [0.5, 0.6) is 5.75 Å². The Balaban J connectivity index is 1.39. The molecule has 7 nitrogen and oxygen atoms in total. The molecule has 2 atom stereocenters. The number of amides is 2. The fourth-order valence-corrected chi connectivity index (χ4v) is 3.80. The molecule has 2 saturated carbocycles. The predicted molar refractivity (Wildman–Crippen MR) is 102 cm³/mol. The second-order valence-corrected chi connectivity index (χ2v) is 7.35. The van der Waals surface area contributed by atoms with Gasteiger partial charge in [0.2, 0.25) is 0 Å². The molecule has 2 amide bonds. The molecule has 7 heteroatoms. The Bertz CT molecular complexity index is 675. The van der Waals surface area contributed by atoms with Gasteiger partial charge in [-0.2, -0.15) is 0 Å². The van der Waals surface area contributed by atoms with Crippen molar-refractivity contribution in [3.63, 3.8) is 0 Å². The Labute approximate surface area is 160 Å². The van der Waals surface area contributed by atoms with E-state index in [1.165, 1.54) is 5.56 Å². The van der Waals surface area contributed by atoms with Gasteiger partial charge in [-0.25, -0.2) is 4.79 Å². The summed E-state index contributed by atoms with van der Waals surface area (Å²) < 4.78 is 5.54. The predicted octanol–water partition coefficient (Wildman–Crippen LogP) is 2.18. The third kappa shape index (κ3) is 5.13. The standard InChI is InChI=1S/C20H29N3O4/c1-3-23(12-19(24)25)15-9-14(10-15)21-20(26)22-18-11-17(18)13-6-5-7-16(8-13)27-4-2/h5-8,14-15,17-18H,3-4,9-12H2,1-2H3,(H,24,25)(H2,21,22,26)/t14?,15?,17-,18+/m0/s1. The quantitative estimate of drug-likeness (QED) is 0.615. The van der Waals surface area contributed by atoms with Gasteiger partial charge in [0.05, 0.1) is 13.2 Å². The van der Waals surface area contributed by atoms with E-state index in [2.05, 4.69) is 16.7 Å². The first-order valence-corrected chi connectivity index (χ1v) is 9.75. The largest absolute Gasteiger partial charge is 0.494 e. The van der Waals surface area contributed by atoms with E-state index in [1.54, 1.807) is 0 Å². The van der Waals surface area contributed by atoms with Gasteiger partial charge in [-0.15, -0.1) is 0 Å². The smallest absolute Gasteiger partial charge is 0.317 e. The number of likely N-dealkylation sites (N-methyl/N-ethyl adjacent to an activating group) is 1. The summed E-state index contributed by atoms with van der Waals surface area (Å²) in [6, 6.07) is 8.45. The Morgan fingerprint density at radius 2 is 2.00 bits per heavy atom. The van der Waals surface area contributed by atoms with E-state index in [0.29, 0.717) is 19.1 Å². The molecule has 0 saturated heterocycles. The average Bonchev–Trinajstić information content (AvgIpc) is 3.35. The van der Waals surface area contributed by atoms with Crippen LogP contribution in [0.15, 0.2) is 24.3 Å². The lowest BCUT2D eigenvalue weighted by atomic mass is 9.85. The minimum Gasteiger partial charge on any atom is -0.494 e. The molecule has 2 aliphatic carbocycles. The van der Waals surface area contributed by atoms with Gasteiger partial charge in [-0.1, -0.05) is 19.1 Å². The third-order valence-electron chi connectivity index (χ3n) is 5.41. The third-order valence-corrected chi connectivity index (χ3v) is 5.41. The zero-order valence-electron chi connectivity index (χ0n) is 16.0. The molecule has 2 fully saturated rings. The van der Waals surface area contributed by atoms with Crippen LogP contribution in [0.25, 0.3) is 0 Å². The molecule has 0 heterocycles. The average molecular weight is 375 g/mol. The number of urea groups is 1. The van der Waals surface area contributed by atoms with Crippen molar-refractivity contribution >= 4 is 12.0 Å². The van der Waals surface area contributed by atoms with Gasteiger partial charge in [0, 0.05) is 24.0 Å². The molecule has 2 aliphatic rings. The lowest BCUT2D eigenvalue weighted by molar-refractivity contribution is -0.139. The minimum atomic E-state index is -0.806. The Morgan fingerprint density at radius 1 is 1.22 bits per heavy atom. The monoisotopic (exact) mass is 375 g/mol. The van der Waals surface area contributed by atoms with Crippen LogP contribution in [0, 0.1) is 0 Å². The first kappa shape index (κ1) is 19.5. The first-order valence-electron chi connectivity index (χ1n) is 9.75. The summed E-state index contributed by atoms with van der Waals surface area (Å²) in [4.78, 5) is 25.0. The van der Waals surface area contributed by atoms with Crippen LogP contribution >= 0.6 is 0 Å². The summed E-state index contributed by atoms with van der Waals surface area (Å²) in [7, 11) is 0. The highest BCUT2D eigenvalue weighted by molar-refractivity contribution is 5.75. The fourth-order valence-electron chi connectivity index (χ4n) is 3.80. The van der Waals surface area contributed by atoms with Crippen molar-refractivity contribution in [2.75, 3.05) is 19.7 Å². The molecule has 0 spiro atoms. The normalized spacial score (nSPS) is 26.2. The molecule has 0 bridgehead atoms. The van der Waals surface area contributed by atoms with E-state index >= 15 is 0 Å². The van der Waals surface area contributed by atoms with Gasteiger partial charge in [0.1, 0.15) is 5.75 Å². The summed E-state index contributed by atoms with van der Waals surface area (Å²) in [5.41, 5.74) is 1.20. The van der Waals surface area contributed by atoms with Gasteiger partial charge in [0.15, 0.2) is 0 Å². The van der Waals surface area contributed by atoms with Crippen LogP contribution in [0.4, 0.5) is 4.79 Å². The molecular weight excluding hydrogens is 346 g/mol. The molecule has 3 rings (SSSR count). The van der Waals surface area contributed by atoms with E-state index in [0.717, 1.165) is 25.0 Å². The molecule has 148 valence electrons. The van der Waals surface area contributed by atoms with Crippen molar-refractivity contribution in [1.29, 1.82) is 0 Å². The van der Waals surface area contributed by atoms with Gasteiger partial charge in [-0.3, -0.25) is 9.69 Å². The molecule has 1 aromatic rings. The summed E-state index contributed by atoms with van der Waals surface area (Å²) in [5, 5.41) is 15.0. The van der Waals surface area contributed by atoms with Crippen LogP contribution in [-0.4, -0.2) is 59.8 Å². The maximum Gasteiger partial charge on any atom is 0.317 e. The number of hydrogen-bond donors (Lipinski definition) is 3. The summed E-state index contributed by atoms with van der Waals surface area (Å²) in [6.45, 7) is 5.34. The Hall–Kier alpha value is -2.28. The second kappa shape index (κ2) is 8.61. The number of ether oxygens (including phenoxy) is 1. The highest BCUT2D eigenvalue weighted by atomic mass is 16.5. The fraction of sp³-hybridized carbons (Fsp3) is 0.600. The van der Waals surface area contributed by atoms with Crippen molar-refractivity contribution in [3.8, 4) is 5.75 Å². The number of carboxylic acids is 1. The number of rotatable bonds is 9. The highest BCUT2D eigenvalue weighted by Crippen LogP contribution is 2.41. The molecule has 27 heavy (non-hydrogen) atoms. The topological polar surface area (TPSA) is 90.9 Å². The maximum absolute atomic E-state index is 12.2. The van der Waals surface area contributed by atoms with Gasteiger partial charge in [0.25, 0.3) is 0 Å². The number of benzene rings is 1. The van der Waals surface area contributed by atoms with Gasteiger partial charge < -0.3 is 20.5 Å². The SMILES string of the molecule is CCOc1cccc([C@@H]2C[C@H]2NC(=O)NC2CC(N(CC)CC(=O)O)C2)c1. The second-order valence-electron chi connectivity index (χ2n) is 7.35. The molecular formula is C20H29N3O4. The number of nitrogens with zero attached hydrogens (tertiary/aromatic N) is 1. The zero-order chi connectivity index (χ0) is 19.4. The molecule has 0 aromatic heterocycles. The first-order chi connectivity index (χ1) is 13.0. The van der Waals surface area contributed by atoms with Crippen LogP contribution in [0.2, 0.25) is 0 Å². The summed E-state index contributed by atoms with van der Waals surface area (Å²) >= 11 is 0. The molecule has 1 aromatic carbocycles. The maximum atomic E-state index is 12.2. The molecule has 0 aliphatic heterocycles. The number of aliphatic carboxylic acids is 1. The highest BCUT2D eigenvalue weighted by Gasteiger charge is 2.41. The number of carboxylic acid groups (broad SMARTS) is 1. The summed E-state index contributed by atoms with van der Waals surface area (Å²) in [6.07, 6.45) is 2.55. The zero-order valence-corrected chi connectivity index (χ0v) is 16.0. The number of carbonyl (C=O) groups is 2. The molecule has 0 unspecified atom stereocenters. The van der Waals surface area contributed by atoms with E-state index in [1.807, 2.05) is 36.9 Å². The van der Waals surface area contributed by atoms with Crippen molar-refractivity contribution in [1.82, 2.24) is 15.5 Å². The van der Waals surface area contributed by atoms with Crippen LogP contribution < -0.4 is 15.4 Å². The van der Waals surface area contributed by atoms with Crippen molar-refractivity contribution in [2.45, 2.75) is 57.2 Å². The molecule has 0 radical (unpaired) electrons. The number of carbonyl (C=O) groups excluding carboxylic acids is 1. The van der Waals surface area contributed by atoms with Gasteiger partial charge in [-0.05, 0) is 50.4 Å². The lowest BCUT2D eigenvalue weighted by Crippen LogP contribution is -2.56. The van der Waals surface area contributed by atoms with E-state index in [9.17, 15) is 9.59 Å². The van der Waals surface area contributed by atoms with E-state index in [-0.39, 0.29) is 30.7 Å². The van der Waals surface area contributed by atoms with Crippen molar-refractivity contribution in [2.24, 2.45) is 0 Å². The van der Waals surface area contributed by atoms with Crippen LogP contribution in [0.3, 0.4) is 0 Å². The van der Waals surface area contributed by atoms with E-state index in [4.69, 9.17) is 9.84 Å². The van der Waals surface area contributed by atoms with Crippen LogP contribution in [0.1, 0.15) is 44.6 Å². The van der Waals surface area contributed by atoms with Crippen molar-refractivity contribution in [3.05, 3.63) is 29.8 Å². The number of nitrogens with one attached hydrogen (secondary N) is 2. The lowest BCUT2D eigenvalue weighted by Gasteiger charge is -2.42. The van der Waals surface area contributed by atoms with Gasteiger partial charge >= 0.3 is 12.0 Å². The Morgan fingerprint density at radius 3 is 2.67 bits per heavy atom. The van der Waals surface area contributed by atoms with Crippen molar-refractivity contribution < 1.29 is 19.4 Å². The summed E-state index contributed by atoms with van der Waals surface area (Å²) in [5.74, 6) is 0.406. The van der Waals surface area contributed by atoms with Crippen LogP contribution in [-0.2, 0) is 4.79 Å². The minimum absolute atomic E-state index is 0.0602. The number of hydrogen-bond acceptors (Lipinski definition) is 4. The van der Waals surface area contributed by atoms with E-state index < -0.39 is 5.97 Å².